The predicted octanol–water partition coefficient (Wildman–Crippen LogP) is 2.42. The summed E-state index contributed by atoms with van der Waals surface area (Å²) < 4.78 is 11.9. The molecule has 0 amide bonds. The van der Waals surface area contributed by atoms with E-state index in [-0.39, 0.29) is 6.61 Å². The van der Waals surface area contributed by atoms with Crippen molar-refractivity contribution in [1.82, 2.24) is 4.57 Å². The summed E-state index contributed by atoms with van der Waals surface area (Å²) in [5.74, 6) is -0.789. The maximum absolute atomic E-state index is 12.1. The van der Waals surface area contributed by atoms with Gasteiger partial charge in [-0.1, -0.05) is 12.1 Å². The van der Waals surface area contributed by atoms with Gasteiger partial charge in [0.15, 0.2) is 0 Å². The van der Waals surface area contributed by atoms with Crippen LogP contribution in [0.1, 0.15) is 24.3 Å². The molecule has 2 aromatic rings. The lowest BCUT2D eigenvalue weighted by Gasteiger charge is -2.09. The molecule has 1 aromatic heterocycles. The van der Waals surface area contributed by atoms with Crippen molar-refractivity contribution in [3.8, 4) is 5.75 Å². The first-order valence-electron chi connectivity index (χ1n) is 6.51. The van der Waals surface area contributed by atoms with Gasteiger partial charge in [0, 0.05) is 11.9 Å². The Hall–Kier alpha value is -2.30. The van der Waals surface area contributed by atoms with Gasteiger partial charge in [0.1, 0.15) is 5.75 Å². The van der Waals surface area contributed by atoms with Crippen LogP contribution < -0.4 is 4.74 Å². The van der Waals surface area contributed by atoms with E-state index in [0.29, 0.717) is 18.0 Å². The molecule has 0 aliphatic carbocycles. The van der Waals surface area contributed by atoms with Crippen molar-refractivity contribution >= 4 is 22.7 Å². The third-order valence-corrected chi connectivity index (χ3v) is 3.11. The highest BCUT2D eigenvalue weighted by Crippen LogP contribution is 2.29. The summed E-state index contributed by atoms with van der Waals surface area (Å²) in [5, 5.41) is 0.860. The summed E-state index contributed by atoms with van der Waals surface area (Å²) in [6, 6.07) is 7.25. The van der Waals surface area contributed by atoms with Crippen molar-refractivity contribution in [2.24, 2.45) is 0 Å². The highest BCUT2D eigenvalue weighted by molar-refractivity contribution is 6.40. The predicted molar refractivity (Wildman–Crippen MR) is 75.1 cm³/mol. The first kappa shape index (κ1) is 14.1. The molecule has 0 unspecified atom stereocenters. The Bertz CT molecular complexity index is 657. The molecule has 0 N–H and O–H groups in total. The number of aryl methyl sites for hydroxylation is 1. The van der Waals surface area contributed by atoms with Crippen molar-refractivity contribution in [2.75, 3.05) is 13.7 Å². The molecule has 5 nitrogen and oxygen atoms in total. The highest BCUT2D eigenvalue weighted by Gasteiger charge is 2.23. The lowest BCUT2D eigenvalue weighted by Crippen LogP contribution is -2.20. The summed E-state index contributed by atoms with van der Waals surface area (Å²) >= 11 is 0. The fraction of sp³-hybridized carbons (Fsp3) is 0.333. The van der Waals surface area contributed by atoms with E-state index in [1.165, 1.54) is 0 Å². The fourth-order valence-corrected chi connectivity index (χ4v) is 2.27. The van der Waals surface area contributed by atoms with E-state index in [4.69, 9.17) is 9.47 Å². The number of esters is 1. The van der Waals surface area contributed by atoms with E-state index in [0.717, 1.165) is 10.9 Å². The topological polar surface area (TPSA) is 57.5 Å². The molecule has 1 aromatic carbocycles. The van der Waals surface area contributed by atoms with Gasteiger partial charge in [-0.15, -0.1) is 0 Å². The summed E-state index contributed by atoms with van der Waals surface area (Å²) in [5.41, 5.74) is 1.13. The lowest BCUT2D eigenvalue weighted by molar-refractivity contribution is -0.137. The number of hydrogen-bond acceptors (Lipinski definition) is 4. The van der Waals surface area contributed by atoms with Gasteiger partial charge in [0.05, 0.1) is 24.9 Å². The molecule has 0 atom stereocenters. The highest BCUT2D eigenvalue weighted by atomic mass is 16.5. The van der Waals surface area contributed by atoms with Gasteiger partial charge in [-0.05, 0) is 26.0 Å². The lowest BCUT2D eigenvalue weighted by atomic mass is 10.2. The zero-order valence-corrected chi connectivity index (χ0v) is 11.8. The smallest absolute Gasteiger partial charge is 0.381 e. The Balaban J connectivity index is 2.60. The minimum Gasteiger partial charge on any atom is -0.495 e. The number of benzene rings is 1. The normalized spacial score (nSPS) is 10.6. The molecule has 0 aliphatic heterocycles. The zero-order chi connectivity index (χ0) is 14.7. The number of Topliss-reactive ketones (excluding diaryl/α,β-unsaturated/α-hetero) is 1. The second kappa shape index (κ2) is 5.77. The quantitative estimate of drug-likeness (QED) is 0.477. The van der Waals surface area contributed by atoms with Crippen molar-refractivity contribution in [3.05, 3.63) is 30.0 Å². The van der Waals surface area contributed by atoms with Crippen molar-refractivity contribution in [2.45, 2.75) is 20.4 Å². The monoisotopic (exact) mass is 275 g/mol. The summed E-state index contributed by atoms with van der Waals surface area (Å²) in [4.78, 5) is 23.8. The maximum atomic E-state index is 12.1. The molecule has 0 saturated heterocycles. The van der Waals surface area contributed by atoms with Crippen LogP contribution in [0.25, 0.3) is 10.9 Å². The number of carbonyl (C=O) groups is 2. The molecule has 0 radical (unpaired) electrons. The fourth-order valence-electron chi connectivity index (χ4n) is 2.27. The second-order valence-corrected chi connectivity index (χ2v) is 4.22. The Labute approximate surface area is 117 Å². The van der Waals surface area contributed by atoms with Crippen LogP contribution in [0.3, 0.4) is 0 Å². The Morgan fingerprint density at radius 1 is 1.25 bits per heavy atom. The van der Waals surface area contributed by atoms with Crippen LogP contribution in [0.5, 0.6) is 5.75 Å². The van der Waals surface area contributed by atoms with Crippen molar-refractivity contribution < 1.29 is 19.1 Å². The first-order valence-corrected chi connectivity index (χ1v) is 6.51. The molecule has 0 aliphatic rings. The Kier molecular flexibility index (Phi) is 4.08. The van der Waals surface area contributed by atoms with Crippen LogP contribution in [-0.4, -0.2) is 30.0 Å². The first-order chi connectivity index (χ1) is 9.63. The van der Waals surface area contributed by atoms with Gasteiger partial charge < -0.3 is 14.0 Å². The SMILES string of the molecule is CCOC(=O)C(=O)c1cc2cccc(OC)c2n1CC. The largest absolute Gasteiger partial charge is 0.495 e. The molecule has 20 heavy (non-hydrogen) atoms. The van der Waals surface area contributed by atoms with Gasteiger partial charge in [0.25, 0.3) is 5.78 Å². The molecule has 1 heterocycles. The number of nitrogens with zero attached hydrogens (tertiary/aromatic N) is 1. The number of fused-ring (bicyclic) bond motifs is 1. The molecule has 0 bridgehead atoms. The summed E-state index contributed by atoms with van der Waals surface area (Å²) in [7, 11) is 1.58. The molecule has 5 heteroatoms. The molecule has 0 saturated carbocycles. The maximum Gasteiger partial charge on any atom is 0.381 e. The van der Waals surface area contributed by atoms with E-state index in [1.807, 2.05) is 25.1 Å². The molecule has 0 fully saturated rings. The molecule has 106 valence electrons. The van der Waals surface area contributed by atoms with Crippen LogP contribution in [0.2, 0.25) is 0 Å². The van der Waals surface area contributed by atoms with Gasteiger partial charge in [-0.25, -0.2) is 4.79 Å². The average molecular weight is 275 g/mol. The van der Waals surface area contributed by atoms with Crippen LogP contribution in [0.4, 0.5) is 0 Å². The molecular formula is C15H17NO4. The zero-order valence-electron chi connectivity index (χ0n) is 11.8. The number of aromatic nitrogens is 1. The van der Waals surface area contributed by atoms with Gasteiger partial charge in [-0.2, -0.15) is 0 Å². The van der Waals surface area contributed by atoms with Gasteiger partial charge in [0.2, 0.25) is 0 Å². The van der Waals surface area contributed by atoms with E-state index in [1.54, 1.807) is 24.7 Å². The van der Waals surface area contributed by atoms with E-state index in [2.05, 4.69) is 0 Å². The third kappa shape index (κ3) is 2.27. The minimum atomic E-state index is -0.830. The molecular weight excluding hydrogens is 258 g/mol. The van der Waals surface area contributed by atoms with Crippen LogP contribution in [0, 0.1) is 0 Å². The average Bonchev–Trinajstić information content (AvgIpc) is 2.84. The number of rotatable bonds is 5. The third-order valence-electron chi connectivity index (χ3n) is 3.11. The van der Waals surface area contributed by atoms with Crippen molar-refractivity contribution in [1.29, 1.82) is 0 Å². The number of ketones is 1. The number of ether oxygens (including phenoxy) is 2. The number of para-hydroxylation sites is 1. The molecule has 0 spiro atoms. The standard InChI is InChI=1S/C15H17NO4/c1-4-16-11(14(17)15(18)20-5-2)9-10-7-6-8-12(19-3)13(10)16/h6-9H,4-5H2,1-3H3. The number of methoxy groups -OCH3 is 1. The van der Waals surface area contributed by atoms with Crippen LogP contribution in [-0.2, 0) is 16.1 Å². The van der Waals surface area contributed by atoms with Gasteiger partial charge >= 0.3 is 5.97 Å². The molecule has 2 rings (SSSR count). The number of carbonyl (C=O) groups excluding carboxylic acids is 2. The van der Waals surface area contributed by atoms with Crippen LogP contribution in [0.15, 0.2) is 24.3 Å². The van der Waals surface area contributed by atoms with E-state index < -0.39 is 11.8 Å². The Morgan fingerprint density at radius 3 is 2.60 bits per heavy atom. The van der Waals surface area contributed by atoms with E-state index in [9.17, 15) is 9.59 Å². The van der Waals surface area contributed by atoms with Gasteiger partial charge in [-0.3, -0.25) is 4.79 Å². The van der Waals surface area contributed by atoms with Crippen molar-refractivity contribution in [3.63, 3.8) is 0 Å². The minimum absolute atomic E-state index is 0.181. The number of hydrogen-bond donors (Lipinski definition) is 0. The Morgan fingerprint density at radius 2 is 2.00 bits per heavy atom. The van der Waals surface area contributed by atoms with Crippen LogP contribution >= 0.6 is 0 Å². The van der Waals surface area contributed by atoms with E-state index >= 15 is 0 Å². The summed E-state index contributed by atoms with van der Waals surface area (Å²) in [6.45, 7) is 4.32. The second-order valence-electron chi connectivity index (χ2n) is 4.22. The summed E-state index contributed by atoms with van der Waals surface area (Å²) in [6.07, 6.45) is 0.